The molecule has 6 nitrogen and oxygen atoms in total. The summed E-state index contributed by atoms with van der Waals surface area (Å²) in [5, 5.41) is 4.10. The lowest BCUT2D eigenvalue weighted by atomic mass is 9.81. The van der Waals surface area contributed by atoms with Crippen molar-refractivity contribution < 1.29 is 9.59 Å². The van der Waals surface area contributed by atoms with E-state index in [9.17, 15) is 9.59 Å². The van der Waals surface area contributed by atoms with Crippen LogP contribution in [-0.2, 0) is 10.3 Å². The highest BCUT2D eigenvalue weighted by atomic mass is 79.9. The monoisotopic (exact) mass is 598 g/mol. The van der Waals surface area contributed by atoms with E-state index in [4.69, 9.17) is 23.2 Å². The zero-order valence-corrected chi connectivity index (χ0v) is 23.5. The molecule has 9 heteroatoms. The number of aryl methyl sites for hydroxylation is 2. The van der Waals surface area contributed by atoms with Crippen LogP contribution in [0.2, 0.25) is 10.0 Å². The largest absolute Gasteiger partial charge is 0.339 e. The van der Waals surface area contributed by atoms with Crippen LogP contribution >= 0.6 is 39.1 Å². The predicted octanol–water partition coefficient (Wildman–Crippen LogP) is 6.22. The highest BCUT2D eigenvalue weighted by molar-refractivity contribution is 9.10. The van der Waals surface area contributed by atoms with Gasteiger partial charge in [0, 0.05) is 16.5 Å². The van der Waals surface area contributed by atoms with Gasteiger partial charge in [-0.15, -0.1) is 0 Å². The Morgan fingerprint density at radius 3 is 2.27 bits per heavy atom. The molecule has 3 aromatic rings. The molecule has 0 bridgehead atoms. The van der Waals surface area contributed by atoms with Crippen LogP contribution in [0, 0.1) is 13.8 Å². The number of halogens is 3. The molecule has 0 spiro atoms. The number of aromatic nitrogens is 2. The van der Waals surface area contributed by atoms with E-state index in [-0.39, 0.29) is 11.8 Å². The number of nitrogens with zero attached hydrogens (tertiary/aromatic N) is 3. The summed E-state index contributed by atoms with van der Waals surface area (Å²) in [5.74, 6) is 0.839. The molecule has 0 radical (unpaired) electrons. The van der Waals surface area contributed by atoms with Gasteiger partial charge in [0.25, 0.3) is 5.91 Å². The van der Waals surface area contributed by atoms with Gasteiger partial charge in [0.1, 0.15) is 11.4 Å². The van der Waals surface area contributed by atoms with E-state index in [2.05, 4.69) is 31.2 Å². The van der Waals surface area contributed by atoms with Crippen molar-refractivity contribution in [2.45, 2.75) is 38.1 Å². The fourth-order valence-electron chi connectivity index (χ4n) is 4.63. The summed E-state index contributed by atoms with van der Waals surface area (Å²) in [6.07, 6.45) is 5.40. The third-order valence-electron chi connectivity index (χ3n) is 6.80. The van der Waals surface area contributed by atoms with Gasteiger partial charge in [-0.2, -0.15) is 0 Å². The second-order valence-corrected chi connectivity index (χ2v) is 11.4. The van der Waals surface area contributed by atoms with Crippen LogP contribution in [0.4, 0.5) is 0 Å². The van der Waals surface area contributed by atoms with E-state index >= 15 is 0 Å². The maximum absolute atomic E-state index is 13.5. The average Bonchev–Trinajstić information content (AvgIpc) is 3.67. The van der Waals surface area contributed by atoms with Gasteiger partial charge in [0.15, 0.2) is 0 Å². The lowest BCUT2D eigenvalue weighted by Gasteiger charge is -2.50. The first-order valence-electron chi connectivity index (χ1n) is 12.0. The van der Waals surface area contributed by atoms with E-state index in [0.717, 1.165) is 34.3 Å². The molecule has 2 amide bonds. The topological polar surface area (TPSA) is 75.2 Å². The third-order valence-corrected chi connectivity index (χ3v) is 8.07. The molecule has 37 heavy (non-hydrogen) atoms. The molecule has 0 unspecified atom stereocenters. The molecule has 2 heterocycles. The van der Waals surface area contributed by atoms with E-state index in [1.165, 1.54) is 6.08 Å². The SMILES string of the molecule is Cc1nc(C2CC2)nc(C)c1C(=O)NC1(c2ccc(Br)cc2)CN(C(=O)/C=C/c2ccc(Cl)c(Cl)c2)C1. The summed E-state index contributed by atoms with van der Waals surface area (Å²) in [6, 6.07) is 13.0. The van der Waals surface area contributed by atoms with Crippen molar-refractivity contribution in [3.8, 4) is 0 Å². The molecule has 2 fully saturated rings. The molecule has 1 saturated carbocycles. The molecule has 190 valence electrons. The van der Waals surface area contributed by atoms with E-state index in [1.807, 2.05) is 38.1 Å². The lowest BCUT2D eigenvalue weighted by molar-refractivity contribution is -0.134. The predicted molar refractivity (Wildman–Crippen MR) is 149 cm³/mol. The van der Waals surface area contributed by atoms with Crippen LogP contribution in [0.5, 0.6) is 0 Å². The van der Waals surface area contributed by atoms with Crippen molar-refractivity contribution in [2.24, 2.45) is 0 Å². The Balaban J connectivity index is 1.36. The number of nitrogens with one attached hydrogen (secondary N) is 1. The van der Waals surface area contributed by atoms with E-state index < -0.39 is 5.54 Å². The summed E-state index contributed by atoms with van der Waals surface area (Å²) in [7, 11) is 0. The molecular formula is C28H25BrCl2N4O2. The minimum absolute atomic E-state index is 0.155. The quantitative estimate of drug-likeness (QED) is 0.341. The first kappa shape index (κ1) is 25.9. The molecule has 2 aliphatic rings. The first-order valence-corrected chi connectivity index (χ1v) is 13.6. The maximum atomic E-state index is 13.5. The molecule has 2 aromatic carbocycles. The smallest absolute Gasteiger partial charge is 0.255 e. The first-order chi connectivity index (χ1) is 17.6. The Kier molecular flexibility index (Phi) is 7.14. The Morgan fingerprint density at radius 2 is 1.68 bits per heavy atom. The summed E-state index contributed by atoms with van der Waals surface area (Å²) >= 11 is 15.5. The molecule has 1 saturated heterocycles. The second-order valence-electron chi connectivity index (χ2n) is 9.65. The van der Waals surface area contributed by atoms with Gasteiger partial charge >= 0.3 is 0 Å². The van der Waals surface area contributed by atoms with Crippen molar-refractivity contribution in [2.75, 3.05) is 13.1 Å². The number of carbonyl (C=O) groups excluding carboxylic acids is 2. The highest BCUT2D eigenvalue weighted by Crippen LogP contribution is 2.39. The van der Waals surface area contributed by atoms with Gasteiger partial charge in [0.2, 0.25) is 5.91 Å². The Bertz CT molecular complexity index is 1390. The highest BCUT2D eigenvalue weighted by Gasteiger charge is 2.47. The second kappa shape index (κ2) is 10.2. The van der Waals surface area contributed by atoms with Crippen LogP contribution in [0.25, 0.3) is 6.08 Å². The van der Waals surface area contributed by atoms with Gasteiger partial charge in [-0.1, -0.05) is 57.3 Å². The standard InChI is InChI=1S/C28H25BrCl2N4O2/c1-16-25(17(2)33-26(32-16)19-5-6-19)27(37)34-28(20-7-9-21(29)10-8-20)14-35(15-28)24(36)12-4-18-3-11-22(30)23(31)13-18/h3-4,7-13,19H,5-6,14-15H2,1-2H3,(H,34,37)/b12-4+. The Hall–Kier alpha value is -2.74. The van der Waals surface area contributed by atoms with Crippen LogP contribution in [0.15, 0.2) is 53.0 Å². The van der Waals surface area contributed by atoms with E-state index in [0.29, 0.717) is 46.0 Å². The van der Waals surface area contributed by atoms with Crippen LogP contribution < -0.4 is 5.32 Å². The van der Waals surface area contributed by atoms with Crippen LogP contribution in [-0.4, -0.2) is 39.8 Å². The number of hydrogen-bond acceptors (Lipinski definition) is 4. The van der Waals surface area contributed by atoms with Crippen molar-refractivity contribution in [1.82, 2.24) is 20.2 Å². The molecule has 0 atom stereocenters. The van der Waals surface area contributed by atoms with E-state index in [1.54, 1.807) is 29.2 Å². The van der Waals surface area contributed by atoms with Gasteiger partial charge in [0.05, 0.1) is 40.1 Å². The number of rotatable bonds is 6. The minimum atomic E-state index is -0.723. The summed E-state index contributed by atoms with van der Waals surface area (Å²) < 4.78 is 0.935. The van der Waals surface area contributed by atoms with Crippen LogP contribution in [0.3, 0.4) is 0 Å². The van der Waals surface area contributed by atoms with Crippen molar-refractivity contribution in [1.29, 1.82) is 0 Å². The molecule has 1 aliphatic heterocycles. The number of likely N-dealkylation sites (tertiary alicyclic amines) is 1. The van der Waals surface area contributed by atoms with Gasteiger partial charge in [-0.05, 0) is 68.2 Å². The summed E-state index contributed by atoms with van der Waals surface area (Å²) in [6.45, 7) is 4.38. The Morgan fingerprint density at radius 1 is 1.03 bits per heavy atom. The molecule has 1 aromatic heterocycles. The van der Waals surface area contributed by atoms with Gasteiger partial charge < -0.3 is 10.2 Å². The van der Waals surface area contributed by atoms with Gasteiger partial charge in [-0.3, -0.25) is 9.59 Å². The molecule has 1 aliphatic carbocycles. The average molecular weight is 600 g/mol. The van der Waals surface area contributed by atoms with Crippen molar-refractivity contribution in [3.05, 3.63) is 97.0 Å². The third kappa shape index (κ3) is 5.44. The minimum Gasteiger partial charge on any atom is -0.339 e. The molecule has 1 N–H and O–H groups in total. The van der Waals surface area contributed by atoms with Crippen LogP contribution in [0.1, 0.15) is 57.5 Å². The number of amides is 2. The van der Waals surface area contributed by atoms with Crippen molar-refractivity contribution in [3.63, 3.8) is 0 Å². The number of hydrogen-bond donors (Lipinski definition) is 1. The molecule has 5 rings (SSSR count). The Labute approximate surface area is 234 Å². The number of benzene rings is 2. The van der Waals surface area contributed by atoms with Gasteiger partial charge in [-0.25, -0.2) is 9.97 Å². The summed E-state index contributed by atoms with van der Waals surface area (Å²) in [4.78, 5) is 37.4. The van der Waals surface area contributed by atoms with Crippen molar-refractivity contribution >= 4 is 57.0 Å². The summed E-state index contributed by atoms with van der Waals surface area (Å²) in [5.41, 5.74) is 2.82. The number of carbonyl (C=O) groups is 2. The fraction of sp³-hybridized carbons (Fsp3) is 0.286. The maximum Gasteiger partial charge on any atom is 0.255 e. The molecular weight excluding hydrogens is 575 g/mol. The lowest BCUT2D eigenvalue weighted by Crippen LogP contribution is -2.68. The fourth-order valence-corrected chi connectivity index (χ4v) is 5.20. The normalized spacial score (nSPS) is 16.5. The zero-order chi connectivity index (χ0) is 26.3. The zero-order valence-electron chi connectivity index (χ0n) is 20.4.